The van der Waals surface area contributed by atoms with Crippen molar-refractivity contribution in [3.63, 3.8) is 0 Å². The maximum absolute atomic E-state index is 11.7. The first kappa shape index (κ1) is 11.7. The Bertz CT molecular complexity index is 411. The number of allylic oxidation sites excluding steroid dienone is 1. The van der Waals surface area contributed by atoms with E-state index in [2.05, 4.69) is 0 Å². The predicted molar refractivity (Wildman–Crippen MR) is 57.5 cm³/mol. The Hall–Kier alpha value is -1.38. The summed E-state index contributed by atoms with van der Waals surface area (Å²) in [6, 6.07) is 8.18. The summed E-state index contributed by atoms with van der Waals surface area (Å²) in [5.41, 5.74) is 0. The van der Waals surface area contributed by atoms with Crippen LogP contribution in [0.2, 0.25) is 0 Å². The Balaban J connectivity index is 2.77. The van der Waals surface area contributed by atoms with Crippen LogP contribution in [0.15, 0.2) is 42.5 Å². The van der Waals surface area contributed by atoms with Gasteiger partial charge in [0.15, 0.2) is 0 Å². The number of carboxylic acid groups (broad SMARTS) is 1. The molecule has 0 aliphatic carbocycles. The standard InChI is InChI=1S/C10H11O4P/c11-10(12)7-4-8-15(13,14)9-5-2-1-3-6-9/h1-7H,8H2,(H,11,12)(H,13,14). The van der Waals surface area contributed by atoms with E-state index in [0.717, 1.165) is 6.08 Å². The fourth-order valence-electron chi connectivity index (χ4n) is 1.06. The Morgan fingerprint density at radius 2 is 1.93 bits per heavy atom. The third kappa shape index (κ3) is 3.70. The molecule has 80 valence electrons. The van der Waals surface area contributed by atoms with Crippen molar-refractivity contribution in [1.82, 2.24) is 0 Å². The molecule has 5 heteroatoms. The van der Waals surface area contributed by atoms with E-state index in [-0.39, 0.29) is 6.16 Å². The van der Waals surface area contributed by atoms with E-state index in [9.17, 15) is 14.3 Å². The molecular formula is C10H11O4P. The summed E-state index contributed by atoms with van der Waals surface area (Å²) in [5.74, 6) is -1.12. The monoisotopic (exact) mass is 226 g/mol. The Morgan fingerprint density at radius 1 is 1.33 bits per heavy atom. The Labute approximate surface area is 87.3 Å². The number of hydrogen-bond donors (Lipinski definition) is 2. The van der Waals surface area contributed by atoms with Gasteiger partial charge in [-0.25, -0.2) is 4.79 Å². The van der Waals surface area contributed by atoms with E-state index in [1.165, 1.54) is 6.08 Å². The zero-order valence-corrected chi connectivity index (χ0v) is 8.80. The molecule has 1 unspecified atom stereocenters. The SMILES string of the molecule is O=C(O)C=CCP(=O)(O)c1ccccc1. The molecule has 4 nitrogen and oxygen atoms in total. The van der Waals surface area contributed by atoms with E-state index < -0.39 is 13.3 Å². The van der Waals surface area contributed by atoms with Gasteiger partial charge in [0, 0.05) is 17.5 Å². The Kier molecular flexibility index (Phi) is 3.83. The second kappa shape index (κ2) is 4.91. The third-order valence-electron chi connectivity index (χ3n) is 1.77. The van der Waals surface area contributed by atoms with E-state index in [0.29, 0.717) is 5.30 Å². The summed E-state index contributed by atoms with van der Waals surface area (Å²) in [6.45, 7) is 0. The van der Waals surface area contributed by atoms with E-state index >= 15 is 0 Å². The molecule has 0 bridgehead atoms. The van der Waals surface area contributed by atoms with Crippen molar-refractivity contribution >= 4 is 18.6 Å². The fraction of sp³-hybridized carbons (Fsp3) is 0.100. The van der Waals surface area contributed by atoms with Crippen LogP contribution < -0.4 is 5.30 Å². The van der Waals surface area contributed by atoms with E-state index in [1.54, 1.807) is 30.3 Å². The van der Waals surface area contributed by atoms with Gasteiger partial charge in [-0.3, -0.25) is 4.57 Å². The lowest BCUT2D eigenvalue weighted by Gasteiger charge is -2.08. The van der Waals surface area contributed by atoms with Gasteiger partial charge in [-0.1, -0.05) is 24.3 Å². The van der Waals surface area contributed by atoms with Crippen molar-refractivity contribution in [2.75, 3.05) is 6.16 Å². The maximum Gasteiger partial charge on any atom is 0.327 e. The van der Waals surface area contributed by atoms with Crippen LogP contribution in [-0.2, 0) is 9.36 Å². The van der Waals surface area contributed by atoms with Gasteiger partial charge < -0.3 is 10.00 Å². The van der Waals surface area contributed by atoms with Crippen molar-refractivity contribution < 1.29 is 19.4 Å². The predicted octanol–water partition coefficient (Wildman–Crippen LogP) is 1.22. The van der Waals surface area contributed by atoms with Gasteiger partial charge in [0.05, 0.1) is 0 Å². The topological polar surface area (TPSA) is 74.6 Å². The van der Waals surface area contributed by atoms with Crippen LogP contribution in [0.4, 0.5) is 0 Å². The van der Waals surface area contributed by atoms with Gasteiger partial charge in [0.2, 0.25) is 7.37 Å². The van der Waals surface area contributed by atoms with E-state index in [4.69, 9.17) is 5.11 Å². The van der Waals surface area contributed by atoms with Gasteiger partial charge in [-0.2, -0.15) is 0 Å². The molecule has 0 spiro atoms. The van der Waals surface area contributed by atoms with Crippen LogP contribution in [0, 0.1) is 0 Å². The molecule has 0 amide bonds. The van der Waals surface area contributed by atoms with Gasteiger partial charge in [0.25, 0.3) is 0 Å². The lowest BCUT2D eigenvalue weighted by Crippen LogP contribution is -2.05. The lowest BCUT2D eigenvalue weighted by atomic mass is 10.4. The average Bonchev–Trinajstić information content (AvgIpc) is 2.18. The number of aliphatic carboxylic acids is 1. The first-order chi connectivity index (χ1) is 7.02. The quantitative estimate of drug-likeness (QED) is 0.598. The largest absolute Gasteiger partial charge is 0.478 e. The van der Waals surface area contributed by atoms with Crippen molar-refractivity contribution in [2.24, 2.45) is 0 Å². The number of carboxylic acids is 1. The van der Waals surface area contributed by atoms with Crippen LogP contribution in [0.1, 0.15) is 0 Å². The number of carbonyl (C=O) groups is 1. The van der Waals surface area contributed by atoms with Gasteiger partial charge in [0.1, 0.15) is 0 Å². The zero-order chi connectivity index (χ0) is 11.3. The molecular weight excluding hydrogens is 215 g/mol. The molecule has 1 aromatic rings. The molecule has 0 fully saturated rings. The van der Waals surface area contributed by atoms with Gasteiger partial charge in [-0.15, -0.1) is 0 Å². The fourth-order valence-corrected chi connectivity index (χ4v) is 2.30. The summed E-state index contributed by atoms with van der Waals surface area (Å²) in [5, 5.41) is 8.66. The normalized spacial score (nSPS) is 15.0. The second-order valence-electron chi connectivity index (χ2n) is 2.96. The lowest BCUT2D eigenvalue weighted by molar-refractivity contribution is -0.131. The molecule has 2 N–H and O–H groups in total. The minimum absolute atomic E-state index is 0.163. The van der Waals surface area contributed by atoms with Crippen LogP contribution in [0.25, 0.3) is 0 Å². The molecule has 0 heterocycles. The molecule has 0 radical (unpaired) electrons. The molecule has 0 saturated carbocycles. The highest BCUT2D eigenvalue weighted by molar-refractivity contribution is 7.66. The number of benzene rings is 1. The third-order valence-corrected chi connectivity index (χ3v) is 3.58. The molecule has 0 aromatic heterocycles. The molecule has 1 aromatic carbocycles. The minimum atomic E-state index is -3.45. The molecule has 15 heavy (non-hydrogen) atoms. The highest BCUT2D eigenvalue weighted by Gasteiger charge is 2.18. The first-order valence-electron chi connectivity index (χ1n) is 4.29. The summed E-state index contributed by atoms with van der Waals surface area (Å²) < 4.78 is 11.7. The van der Waals surface area contributed by atoms with Crippen molar-refractivity contribution in [2.45, 2.75) is 0 Å². The Morgan fingerprint density at radius 3 is 2.47 bits per heavy atom. The van der Waals surface area contributed by atoms with Gasteiger partial charge >= 0.3 is 5.97 Å². The van der Waals surface area contributed by atoms with Crippen LogP contribution in [-0.4, -0.2) is 22.1 Å². The highest BCUT2D eigenvalue weighted by atomic mass is 31.2. The smallest absolute Gasteiger partial charge is 0.327 e. The number of rotatable bonds is 4. The molecule has 0 aliphatic heterocycles. The summed E-state index contributed by atoms with van der Waals surface area (Å²) >= 11 is 0. The summed E-state index contributed by atoms with van der Waals surface area (Å²) in [4.78, 5) is 19.8. The van der Waals surface area contributed by atoms with Crippen molar-refractivity contribution in [1.29, 1.82) is 0 Å². The van der Waals surface area contributed by atoms with Crippen LogP contribution >= 0.6 is 7.37 Å². The molecule has 0 aliphatic rings. The highest BCUT2D eigenvalue weighted by Crippen LogP contribution is 2.38. The summed E-state index contributed by atoms with van der Waals surface area (Å²) in [7, 11) is -3.45. The molecule has 1 rings (SSSR count). The average molecular weight is 226 g/mol. The summed E-state index contributed by atoms with van der Waals surface area (Å²) in [6.07, 6.45) is 1.89. The molecule has 0 saturated heterocycles. The van der Waals surface area contributed by atoms with Crippen molar-refractivity contribution in [3.05, 3.63) is 42.5 Å². The maximum atomic E-state index is 11.7. The van der Waals surface area contributed by atoms with Gasteiger partial charge in [-0.05, 0) is 12.1 Å². The first-order valence-corrected chi connectivity index (χ1v) is 6.14. The van der Waals surface area contributed by atoms with E-state index in [1.807, 2.05) is 0 Å². The minimum Gasteiger partial charge on any atom is -0.478 e. The zero-order valence-electron chi connectivity index (χ0n) is 7.91. The van der Waals surface area contributed by atoms with Crippen LogP contribution in [0.3, 0.4) is 0 Å². The molecule has 1 atom stereocenters. The second-order valence-corrected chi connectivity index (χ2v) is 5.24. The van der Waals surface area contributed by atoms with Crippen LogP contribution in [0.5, 0.6) is 0 Å². The number of hydrogen-bond acceptors (Lipinski definition) is 2. The van der Waals surface area contributed by atoms with Crippen molar-refractivity contribution in [3.8, 4) is 0 Å².